The lowest BCUT2D eigenvalue weighted by molar-refractivity contribution is 0.362. The first-order valence-corrected chi connectivity index (χ1v) is 6.30. The summed E-state index contributed by atoms with van der Waals surface area (Å²) in [6.45, 7) is 6.54. The fourth-order valence-corrected chi connectivity index (χ4v) is 1.66. The Bertz CT molecular complexity index is 350. The third kappa shape index (κ3) is 4.37. The van der Waals surface area contributed by atoms with Gasteiger partial charge in [-0.25, -0.2) is 0 Å². The third-order valence-corrected chi connectivity index (χ3v) is 2.94. The Kier molecular flexibility index (Phi) is 6.19. The van der Waals surface area contributed by atoms with E-state index in [0.717, 1.165) is 23.3 Å². The second-order valence-corrected chi connectivity index (χ2v) is 4.27. The number of hydrogen-bond acceptors (Lipinski definition) is 2. The monoisotopic (exact) mass is 283 g/mol. The van der Waals surface area contributed by atoms with Gasteiger partial charge in [0.05, 0.1) is 0 Å². The van der Waals surface area contributed by atoms with E-state index in [0.29, 0.717) is 6.61 Å². The van der Waals surface area contributed by atoms with Gasteiger partial charge < -0.3 is 10.1 Å². The number of halogens is 1. The van der Waals surface area contributed by atoms with E-state index in [1.54, 1.807) is 0 Å². The SMILES string of the molecule is C/C=C/COc1ccc(Br)c(CNCC)c1. The molecule has 1 aromatic rings. The van der Waals surface area contributed by atoms with Gasteiger partial charge in [-0.1, -0.05) is 35.0 Å². The van der Waals surface area contributed by atoms with E-state index in [1.165, 1.54) is 5.56 Å². The highest BCUT2D eigenvalue weighted by Crippen LogP contribution is 2.22. The van der Waals surface area contributed by atoms with Crippen LogP contribution in [-0.2, 0) is 6.54 Å². The summed E-state index contributed by atoms with van der Waals surface area (Å²) in [5.74, 6) is 0.911. The lowest BCUT2D eigenvalue weighted by Crippen LogP contribution is -2.12. The Hall–Kier alpha value is -0.800. The van der Waals surface area contributed by atoms with Crippen LogP contribution in [0.3, 0.4) is 0 Å². The first kappa shape index (κ1) is 13.3. The van der Waals surface area contributed by atoms with Gasteiger partial charge in [-0.2, -0.15) is 0 Å². The van der Waals surface area contributed by atoms with E-state index in [1.807, 2.05) is 31.2 Å². The molecule has 1 aromatic carbocycles. The zero-order valence-corrected chi connectivity index (χ0v) is 11.4. The van der Waals surface area contributed by atoms with Crippen molar-refractivity contribution in [2.24, 2.45) is 0 Å². The van der Waals surface area contributed by atoms with Gasteiger partial charge in [-0.15, -0.1) is 0 Å². The highest BCUT2D eigenvalue weighted by atomic mass is 79.9. The minimum atomic E-state index is 0.624. The van der Waals surface area contributed by atoms with Gasteiger partial charge in [0.15, 0.2) is 0 Å². The predicted octanol–water partition coefficient (Wildman–Crippen LogP) is 3.51. The molecule has 0 fully saturated rings. The number of hydrogen-bond donors (Lipinski definition) is 1. The topological polar surface area (TPSA) is 21.3 Å². The molecule has 1 rings (SSSR count). The molecule has 0 atom stereocenters. The summed E-state index contributed by atoms with van der Waals surface area (Å²) in [5, 5.41) is 3.30. The normalized spacial score (nSPS) is 10.9. The lowest BCUT2D eigenvalue weighted by atomic mass is 10.2. The minimum Gasteiger partial charge on any atom is -0.490 e. The van der Waals surface area contributed by atoms with Crippen LogP contribution in [0.1, 0.15) is 19.4 Å². The second-order valence-electron chi connectivity index (χ2n) is 3.41. The maximum Gasteiger partial charge on any atom is 0.120 e. The molecule has 0 amide bonds. The summed E-state index contributed by atoms with van der Waals surface area (Å²) in [6.07, 6.45) is 3.98. The Labute approximate surface area is 106 Å². The molecule has 0 spiro atoms. The van der Waals surface area contributed by atoms with Crippen molar-refractivity contribution in [1.82, 2.24) is 5.32 Å². The van der Waals surface area contributed by atoms with E-state index >= 15 is 0 Å². The zero-order valence-electron chi connectivity index (χ0n) is 9.79. The van der Waals surface area contributed by atoms with E-state index < -0.39 is 0 Å². The van der Waals surface area contributed by atoms with Crippen LogP contribution in [0.4, 0.5) is 0 Å². The van der Waals surface area contributed by atoms with Crippen molar-refractivity contribution in [2.45, 2.75) is 20.4 Å². The van der Waals surface area contributed by atoms with E-state index in [-0.39, 0.29) is 0 Å². The zero-order chi connectivity index (χ0) is 11.8. The van der Waals surface area contributed by atoms with Crippen molar-refractivity contribution in [1.29, 1.82) is 0 Å². The van der Waals surface area contributed by atoms with Gasteiger partial charge in [0.2, 0.25) is 0 Å². The number of benzene rings is 1. The smallest absolute Gasteiger partial charge is 0.120 e. The molecule has 0 bridgehead atoms. The molecule has 2 nitrogen and oxygen atoms in total. The van der Waals surface area contributed by atoms with E-state index in [4.69, 9.17) is 4.74 Å². The maximum atomic E-state index is 5.59. The Balaban J connectivity index is 2.65. The van der Waals surface area contributed by atoms with Crippen LogP contribution in [-0.4, -0.2) is 13.2 Å². The summed E-state index contributed by atoms with van der Waals surface area (Å²) in [5.41, 5.74) is 1.22. The lowest BCUT2D eigenvalue weighted by Gasteiger charge is -2.08. The molecule has 0 radical (unpaired) electrons. The maximum absolute atomic E-state index is 5.59. The van der Waals surface area contributed by atoms with Gasteiger partial charge in [0, 0.05) is 11.0 Å². The third-order valence-electron chi connectivity index (χ3n) is 2.16. The molecule has 88 valence electrons. The predicted molar refractivity (Wildman–Crippen MR) is 71.8 cm³/mol. The molecule has 0 aliphatic heterocycles. The number of nitrogens with one attached hydrogen (secondary N) is 1. The van der Waals surface area contributed by atoms with Gasteiger partial charge in [0.1, 0.15) is 12.4 Å². The number of rotatable bonds is 6. The molecular weight excluding hydrogens is 266 g/mol. The van der Waals surface area contributed by atoms with Crippen molar-refractivity contribution >= 4 is 15.9 Å². The Morgan fingerprint density at radius 2 is 2.25 bits per heavy atom. The quantitative estimate of drug-likeness (QED) is 0.807. The van der Waals surface area contributed by atoms with Crippen LogP contribution < -0.4 is 10.1 Å². The minimum absolute atomic E-state index is 0.624. The van der Waals surface area contributed by atoms with E-state index in [2.05, 4.69) is 34.2 Å². The second kappa shape index (κ2) is 7.47. The average molecular weight is 284 g/mol. The van der Waals surface area contributed by atoms with Gasteiger partial charge in [-0.3, -0.25) is 0 Å². The van der Waals surface area contributed by atoms with E-state index in [9.17, 15) is 0 Å². The van der Waals surface area contributed by atoms with Crippen LogP contribution in [0.25, 0.3) is 0 Å². The molecule has 0 saturated carbocycles. The molecule has 16 heavy (non-hydrogen) atoms. The molecule has 3 heteroatoms. The summed E-state index contributed by atoms with van der Waals surface area (Å²) in [4.78, 5) is 0. The molecule has 0 saturated heterocycles. The average Bonchev–Trinajstić information content (AvgIpc) is 2.30. The van der Waals surface area contributed by atoms with Gasteiger partial charge in [0.25, 0.3) is 0 Å². The molecule has 0 aromatic heterocycles. The van der Waals surface area contributed by atoms with Crippen LogP contribution in [0.2, 0.25) is 0 Å². The van der Waals surface area contributed by atoms with Gasteiger partial charge >= 0.3 is 0 Å². The van der Waals surface area contributed by atoms with Crippen LogP contribution >= 0.6 is 15.9 Å². The fourth-order valence-electron chi connectivity index (χ4n) is 1.28. The molecule has 0 heterocycles. The molecule has 0 aliphatic rings. The van der Waals surface area contributed by atoms with Gasteiger partial charge in [-0.05, 0) is 37.2 Å². The highest BCUT2D eigenvalue weighted by Gasteiger charge is 2.01. The van der Waals surface area contributed by atoms with Crippen LogP contribution in [0.5, 0.6) is 5.75 Å². The highest BCUT2D eigenvalue weighted by molar-refractivity contribution is 9.10. The largest absolute Gasteiger partial charge is 0.490 e. The standard InChI is InChI=1S/C13H18BrNO/c1-3-5-8-16-12-6-7-13(14)11(9-12)10-15-4-2/h3,5-7,9,15H,4,8,10H2,1-2H3/b5-3+. The molecule has 1 N–H and O–H groups in total. The Morgan fingerprint density at radius 3 is 2.94 bits per heavy atom. The Morgan fingerprint density at radius 1 is 1.44 bits per heavy atom. The summed E-state index contributed by atoms with van der Waals surface area (Å²) in [6, 6.07) is 6.07. The molecular formula is C13H18BrNO. The molecule has 0 unspecified atom stereocenters. The van der Waals surface area contributed by atoms with Crippen molar-refractivity contribution < 1.29 is 4.74 Å². The van der Waals surface area contributed by atoms with Crippen molar-refractivity contribution in [3.8, 4) is 5.75 Å². The number of allylic oxidation sites excluding steroid dienone is 1. The van der Waals surface area contributed by atoms with Crippen LogP contribution in [0.15, 0.2) is 34.8 Å². The summed E-state index contributed by atoms with van der Waals surface area (Å²) in [7, 11) is 0. The van der Waals surface area contributed by atoms with Crippen molar-refractivity contribution in [3.63, 3.8) is 0 Å². The molecule has 0 aliphatic carbocycles. The van der Waals surface area contributed by atoms with Crippen molar-refractivity contribution in [3.05, 3.63) is 40.4 Å². The first-order chi connectivity index (χ1) is 7.77. The summed E-state index contributed by atoms with van der Waals surface area (Å²) < 4.78 is 6.70. The summed E-state index contributed by atoms with van der Waals surface area (Å²) >= 11 is 3.53. The fraction of sp³-hybridized carbons (Fsp3) is 0.385. The van der Waals surface area contributed by atoms with Crippen LogP contribution in [0, 0.1) is 0 Å². The van der Waals surface area contributed by atoms with Crippen molar-refractivity contribution in [2.75, 3.05) is 13.2 Å². The first-order valence-electron chi connectivity index (χ1n) is 5.51. The number of ether oxygens (including phenoxy) is 1.